The number of nitrogens with zero attached hydrogens (tertiary/aromatic N) is 3. The number of benzene rings is 2. The van der Waals surface area contributed by atoms with Crippen LogP contribution in [0.1, 0.15) is 27.2 Å². The molecule has 1 aliphatic rings. The molecule has 190 valence electrons. The molecule has 1 aliphatic heterocycles. The van der Waals surface area contributed by atoms with Crippen molar-refractivity contribution in [2.45, 2.75) is 25.4 Å². The molecule has 0 spiro atoms. The van der Waals surface area contributed by atoms with E-state index >= 15 is 0 Å². The number of nitrogens with one attached hydrogen (secondary N) is 1. The Morgan fingerprint density at radius 2 is 1.58 bits per heavy atom. The van der Waals surface area contributed by atoms with Gasteiger partial charge in [0.25, 0.3) is 5.91 Å². The lowest BCUT2D eigenvalue weighted by Gasteiger charge is -2.26. The lowest BCUT2D eigenvalue weighted by atomic mass is 10.0. The summed E-state index contributed by atoms with van der Waals surface area (Å²) in [5.74, 6) is -1.77. The minimum atomic E-state index is -5.12. The molecule has 0 radical (unpaired) electrons. The van der Waals surface area contributed by atoms with E-state index in [1.165, 1.54) is 21.7 Å². The highest BCUT2D eigenvalue weighted by molar-refractivity contribution is 6.09. The first-order chi connectivity index (χ1) is 16.7. The van der Waals surface area contributed by atoms with Gasteiger partial charge < -0.3 is 16.0 Å². The molecule has 1 aromatic heterocycles. The quantitative estimate of drug-likeness (QED) is 0.488. The first-order valence-electron chi connectivity index (χ1n) is 10.2. The first-order valence-corrected chi connectivity index (χ1v) is 10.2. The van der Waals surface area contributed by atoms with Crippen LogP contribution in [0.3, 0.4) is 0 Å². The van der Waals surface area contributed by atoms with Crippen molar-refractivity contribution in [1.82, 2.24) is 14.7 Å². The average molecular weight is 515 g/mol. The van der Waals surface area contributed by atoms with Gasteiger partial charge in [-0.05, 0) is 30.3 Å². The highest BCUT2D eigenvalue weighted by Gasteiger charge is 2.37. The van der Waals surface area contributed by atoms with Gasteiger partial charge in [-0.3, -0.25) is 9.48 Å². The van der Waals surface area contributed by atoms with E-state index in [0.717, 1.165) is 12.1 Å². The van der Waals surface area contributed by atoms with Crippen molar-refractivity contribution in [3.63, 3.8) is 0 Å². The number of carbonyl (C=O) groups excluding carboxylic acids is 2. The SMILES string of the molecule is NC(=O)N1CCn2nc(-c3cccc(F)c3)c(C(=O)Nc3cc(C(F)(F)F)cc(C(F)(F)F)c3)c2C1. The number of carbonyl (C=O) groups is 2. The maximum absolute atomic E-state index is 13.9. The van der Waals surface area contributed by atoms with Crippen molar-refractivity contribution >= 4 is 17.6 Å². The van der Waals surface area contributed by atoms with Gasteiger partial charge in [0.15, 0.2) is 0 Å². The van der Waals surface area contributed by atoms with Gasteiger partial charge in [-0.15, -0.1) is 0 Å². The molecule has 0 saturated heterocycles. The number of rotatable bonds is 3. The molecule has 0 unspecified atom stereocenters. The summed E-state index contributed by atoms with van der Waals surface area (Å²) in [7, 11) is 0. The van der Waals surface area contributed by atoms with Crippen molar-refractivity contribution in [3.8, 4) is 11.3 Å². The topological polar surface area (TPSA) is 93.2 Å². The van der Waals surface area contributed by atoms with E-state index in [-0.39, 0.29) is 48.2 Å². The van der Waals surface area contributed by atoms with Gasteiger partial charge in [0.2, 0.25) is 0 Å². The summed E-state index contributed by atoms with van der Waals surface area (Å²) in [6.07, 6.45) is -10.2. The molecule has 2 aromatic carbocycles. The zero-order valence-electron chi connectivity index (χ0n) is 18.0. The van der Waals surface area contributed by atoms with Crippen LogP contribution in [0.2, 0.25) is 0 Å². The van der Waals surface area contributed by atoms with E-state index < -0.39 is 46.9 Å². The summed E-state index contributed by atoms with van der Waals surface area (Å²) in [6.45, 7) is 0.0165. The van der Waals surface area contributed by atoms with Crippen LogP contribution in [-0.4, -0.2) is 33.2 Å². The van der Waals surface area contributed by atoms with Gasteiger partial charge in [0.05, 0.1) is 35.5 Å². The number of hydrogen-bond donors (Lipinski definition) is 2. The van der Waals surface area contributed by atoms with E-state index in [2.05, 4.69) is 10.4 Å². The summed E-state index contributed by atoms with van der Waals surface area (Å²) >= 11 is 0. The van der Waals surface area contributed by atoms with Crippen LogP contribution in [0.15, 0.2) is 42.5 Å². The molecule has 14 heteroatoms. The Labute approximate surface area is 198 Å². The fourth-order valence-electron chi connectivity index (χ4n) is 3.80. The summed E-state index contributed by atoms with van der Waals surface area (Å²) in [5.41, 5.74) is 1.25. The van der Waals surface area contributed by atoms with Crippen LogP contribution in [0.4, 0.5) is 41.2 Å². The van der Waals surface area contributed by atoms with E-state index in [1.807, 2.05) is 0 Å². The second-order valence-corrected chi connectivity index (χ2v) is 7.91. The molecule has 0 fully saturated rings. The number of halogens is 7. The second-order valence-electron chi connectivity index (χ2n) is 7.91. The standard InChI is InChI=1S/C22H16F7N5O2/c23-14-3-1-2-11(6-14)18-17(16-10-33(20(30)36)4-5-34(16)32-18)19(35)31-15-8-12(21(24,25)26)7-13(9-15)22(27,28)29/h1-3,6-9H,4-5,10H2,(H2,30,36)(H,31,35). The molecule has 0 aliphatic carbocycles. The summed E-state index contributed by atoms with van der Waals surface area (Å²) in [6, 6.07) is 4.79. The van der Waals surface area contributed by atoms with E-state index in [0.29, 0.717) is 12.1 Å². The first kappa shape index (κ1) is 25.0. The molecular weight excluding hydrogens is 499 g/mol. The Balaban J connectivity index is 1.82. The lowest BCUT2D eigenvalue weighted by Crippen LogP contribution is -2.42. The average Bonchev–Trinajstić information content (AvgIpc) is 3.16. The second kappa shape index (κ2) is 8.84. The van der Waals surface area contributed by atoms with Gasteiger partial charge in [0.1, 0.15) is 11.5 Å². The predicted molar refractivity (Wildman–Crippen MR) is 112 cm³/mol. The molecule has 36 heavy (non-hydrogen) atoms. The van der Waals surface area contributed by atoms with Crippen molar-refractivity contribution in [1.29, 1.82) is 0 Å². The van der Waals surface area contributed by atoms with Crippen LogP contribution in [0.25, 0.3) is 11.3 Å². The number of amides is 3. The van der Waals surface area contributed by atoms with Crippen LogP contribution >= 0.6 is 0 Å². The van der Waals surface area contributed by atoms with Crippen LogP contribution in [0.5, 0.6) is 0 Å². The number of hydrogen-bond acceptors (Lipinski definition) is 3. The fraction of sp³-hybridized carbons (Fsp3) is 0.227. The highest BCUT2D eigenvalue weighted by atomic mass is 19.4. The molecule has 0 atom stereocenters. The third-order valence-corrected chi connectivity index (χ3v) is 5.46. The number of anilines is 1. The zero-order valence-corrected chi connectivity index (χ0v) is 18.0. The molecule has 0 bridgehead atoms. The molecule has 0 saturated carbocycles. The van der Waals surface area contributed by atoms with Gasteiger partial charge in [-0.1, -0.05) is 12.1 Å². The number of alkyl halides is 6. The Kier molecular flexibility index (Phi) is 6.14. The van der Waals surface area contributed by atoms with Crippen molar-refractivity contribution < 1.29 is 40.3 Å². The molecule has 7 nitrogen and oxygen atoms in total. The summed E-state index contributed by atoms with van der Waals surface area (Å²) < 4.78 is 94.6. The Morgan fingerprint density at radius 3 is 2.14 bits per heavy atom. The van der Waals surface area contributed by atoms with Gasteiger partial charge in [0, 0.05) is 17.8 Å². The van der Waals surface area contributed by atoms with E-state index in [4.69, 9.17) is 5.73 Å². The molecule has 4 rings (SSSR count). The van der Waals surface area contributed by atoms with Gasteiger partial charge >= 0.3 is 18.4 Å². The Hall–Kier alpha value is -4.10. The number of primary amides is 1. The highest BCUT2D eigenvalue weighted by Crippen LogP contribution is 2.38. The molecule has 3 aromatic rings. The monoisotopic (exact) mass is 515 g/mol. The number of fused-ring (bicyclic) bond motifs is 1. The summed E-state index contributed by atoms with van der Waals surface area (Å²) in [5, 5.41) is 6.35. The van der Waals surface area contributed by atoms with Crippen molar-refractivity contribution in [3.05, 3.63) is 70.7 Å². The van der Waals surface area contributed by atoms with Crippen molar-refractivity contribution in [2.75, 3.05) is 11.9 Å². The van der Waals surface area contributed by atoms with Crippen LogP contribution in [0, 0.1) is 5.82 Å². The zero-order chi connectivity index (χ0) is 26.4. The summed E-state index contributed by atoms with van der Waals surface area (Å²) in [4.78, 5) is 26.1. The maximum atomic E-state index is 13.9. The normalized spacial score (nSPS) is 13.9. The lowest BCUT2D eigenvalue weighted by molar-refractivity contribution is -0.143. The third-order valence-electron chi connectivity index (χ3n) is 5.46. The minimum Gasteiger partial charge on any atom is -0.351 e. The predicted octanol–water partition coefficient (Wildman–Crippen LogP) is 4.87. The van der Waals surface area contributed by atoms with Gasteiger partial charge in [-0.25, -0.2) is 9.18 Å². The minimum absolute atomic E-state index is 0.0691. The van der Waals surface area contributed by atoms with Crippen molar-refractivity contribution in [2.24, 2.45) is 5.73 Å². The molecule has 2 heterocycles. The molecular formula is C22H16F7N5O2. The molecule has 3 N–H and O–H groups in total. The number of aromatic nitrogens is 2. The van der Waals surface area contributed by atoms with E-state index in [1.54, 1.807) is 0 Å². The van der Waals surface area contributed by atoms with E-state index in [9.17, 15) is 40.3 Å². The Bertz CT molecular complexity index is 1320. The molecule has 3 amide bonds. The third kappa shape index (κ3) is 4.97. The fourth-order valence-corrected chi connectivity index (χ4v) is 3.80. The Morgan fingerprint density at radius 1 is 0.944 bits per heavy atom. The smallest absolute Gasteiger partial charge is 0.351 e. The largest absolute Gasteiger partial charge is 0.416 e. The maximum Gasteiger partial charge on any atom is 0.416 e. The van der Waals surface area contributed by atoms with Crippen LogP contribution < -0.4 is 11.1 Å². The van der Waals surface area contributed by atoms with Gasteiger partial charge in [-0.2, -0.15) is 31.4 Å². The number of nitrogens with two attached hydrogens (primary N) is 1. The number of urea groups is 1. The van der Waals surface area contributed by atoms with Crippen LogP contribution in [-0.2, 0) is 25.4 Å².